The summed E-state index contributed by atoms with van der Waals surface area (Å²) in [6, 6.07) is 4.02. The first-order valence-electron chi connectivity index (χ1n) is 12.0. The number of nitrogens with one attached hydrogen (secondary N) is 2. The molecular formula is C25H27FN8O3. The van der Waals surface area contributed by atoms with Crippen LogP contribution in [0.25, 0.3) is 16.8 Å². The molecular weight excluding hydrogens is 479 g/mol. The maximum Gasteiger partial charge on any atom is 0.259 e. The number of fused-ring (bicyclic) bond motifs is 1. The summed E-state index contributed by atoms with van der Waals surface area (Å²) in [4.78, 5) is 31.9. The molecule has 3 N–H and O–H groups in total. The number of halogens is 1. The summed E-state index contributed by atoms with van der Waals surface area (Å²) in [5.74, 6) is -1.13. The van der Waals surface area contributed by atoms with Gasteiger partial charge in [0.25, 0.3) is 5.91 Å². The van der Waals surface area contributed by atoms with Gasteiger partial charge in [0, 0.05) is 31.1 Å². The van der Waals surface area contributed by atoms with Crippen LogP contribution >= 0.6 is 0 Å². The van der Waals surface area contributed by atoms with E-state index in [1.54, 1.807) is 24.1 Å². The van der Waals surface area contributed by atoms with Crippen molar-refractivity contribution < 1.29 is 19.1 Å². The van der Waals surface area contributed by atoms with E-state index in [0.717, 1.165) is 31.5 Å². The average molecular weight is 507 g/mol. The quantitative estimate of drug-likeness (QED) is 0.350. The summed E-state index contributed by atoms with van der Waals surface area (Å²) in [6.45, 7) is 1.85. The number of hydrogen-bond donors (Lipinski definition) is 3. The zero-order valence-electron chi connectivity index (χ0n) is 20.3. The average Bonchev–Trinajstić information content (AvgIpc) is 3.52. The number of anilines is 2. The van der Waals surface area contributed by atoms with Crippen LogP contribution in [-0.4, -0.2) is 72.4 Å². The number of benzene rings is 1. The second-order valence-electron chi connectivity index (χ2n) is 9.16. The Kier molecular flexibility index (Phi) is 6.93. The summed E-state index contributed by atoms with van der Waals surface area (Å²) < 4.78 is 17.7. The molecule has 5 rings (SSSR count). The molecule has 4 aromatic rings. The minimum Gasteiger partial charge on any atom is -0.396 e. The van der Waals surface area contributed by atoms with Crippen LogP contribution < -0.4 is 10.6 Å². The first-order valence-corrected chi connectivity index (χ1v) is 12.0. The zero-order chi connectivity index (χ0) is 25.9. The van der Waals surface area contributed by atoms with E-state index in [1.165, 1.54) is 35.1 Å². The third-order valence-corrected chi connectivity index (χ3v) is 6.48. The van der Waals surface area contributed by atoms with Gasteiger partial charge in [0.2, 0.25) is 5.91 Å². The Morgan fingerprint density at radius 3 is 2.65 bits per heavy atom. The van der Waals surface area contributed by atoms with Gasteiger partial charge < -0.3 is 15.7 Å². The Bertz CT molecular complexity index is 1440. The van der Waals surface area contributed by atoms with Crippen molar-refractivity contribution in [3.05, 3.63) is 60.6 Å². The van der Waals surface area contributed by atoms with Gasteiger partial charge in [0.05, 0.1) is 53.8 Å². The van der Waals surface area contributed by atoms with E-state index in [9.17, 15) is 19.1 Å². The number of amides is 2. The number of aliphatic hydroxyl groups is 1. The fourth-order valence-electron chi connectivity index (χ4n) is 4.38. The zero-order valence-corrected chi connectivity index (χ0v) is 20.3. The molecule has 0 bridgehead atoms. The third-order valence-electron chi connectivity index (χ3n) is 6.48. The number of hydrogen-bond acceptors (Lipinski definition) is 7. The predicted octanol–water partition coefficient (Wildman–Crippen LogP) is 2.16. The van der Waals surface area contributed by atoms with Gasteiger partial charge in [-0.3, -0.25) is 24.2 Å². The highest BCUT2D eigenvalue weighted by atomic mass is 19.1. The van der Waals surface area contributed by atoms with Gasteiger partial charge in [-0.25, -0.2) is 8.91 Å². The van der Waals surface area contributed by atoms with E-state index in [0.29, 0.717) is 16.9 Å². The number of carbonyl (C=O) groups excluding carboxylic acids is 2. The molecule has 0 saturated carbocycles. The molecule has 0 atom stereocenters. The molecule has 1 aliphatic rings. The van der Waals surface area contributed by atoms with Gasteiger partial charge in [-0.15, -0.1) is 0 Å². The Morgan fingerprint density at radius 2 is 1.92 bits per heavy atom. The van der Waals surface area contributed by atoms with Gasteiger partial charge in [-0.1, -0.05) is 0 Å². The number of likely N-dealkylation sites (tertiary alicyclic amines) is 1. The Morgan fingerprint density at radius 1 is 1.11 bits per heavy atom. The Hall–Kier alpha value is -4.16. The molecule has 37 heavy (non-hydrogen) atoms. The molecule has 0 unspecified atom stereocenters. The minimum atomic E-state index is -0.633. The highest BCUT2D eigenvalue weighted by Crippen LogP contribution is 2.23. The smallest absolute Gasteiger partial charge is 0.259 e. The molecule has 1 saturated heterocycles. The van der Waals surface area contributed by atoms with Crippen LogP contribution in [-0.2, 0) is 11.8 Å². The van der Waals surface area contributed by atoms with E-state index in [2.05, 4.69) is 25.8 Å². The summed E-state index contributed by atoms with van der Waals surface area (Å²) >= 11 is 0. The molecule has 12 heteroatoms. The van der Waals surface area contributed by atoms with Crippen molar-refractivity contribution >= 4 is 28.7 Å². The maximum atomic E-state index is 14.5. The molecule has 0 spiro atoms. The van der Waals surface area contributed by atoms with Crippen molar-refractivity contribution in [1.29, 1.82) is 0 Å². The largest absolute Gasteiger partial charge is 0.396 e. The molecule has 1 fully saturated rings. The predicted molar refractivity (Wildman–Crippen MR) is 134 cm³/mol. The highest BCUT2D eigenvalue weighted by molar-refractivity contribution is 6.09. The number of aromatic nitrogens is 5. The number of aryl methyl sites for hydroxylation is 1. The first kappa shape index (κ1) is 24.5. The van der Waals surface area contributed by atoms with E-state index >= 15 is 0 Å². The van der Waals surface area contributed by atoms with Crippen LogP contribution in [0.1, 0.15) is 23.2 Å². The Balaban J connectivity index is 1.25. The normalized spacial score (nSPS) is 14.7. The Labute approximate surface area is 211 Å². The SMILES string of the molecule is Cn1cc(-c2cn3ncc(C(=O)Nc4cc(NC(=O)CN5CCC(CO)CC5)ccc4F)c3cn2)cn1. The molecule has 4 heterocycles. The molecule has 0 radical (unpaired) electrons. The lowest BCUT2D eigenvalue weighted by atomic mass is 9.98. The van der Waals surface area contributed by atoms with Gasteiger partial charge >= 0.3 is 0 Å². The number of rotatable bonds is 7. The van der Waals surface area contributed by atoms with Crippen LogP contribution in [0.15, 0.2) is 49.2 Å². The lowest BCUT2D eigenvalue weighted by Gasteiger charge is -2.30. The molecule has 11 nitrogen and oxygen atoms in total. The number of carbonyl (C=O) groups is 2. The van der Waals surface area contributed by atoms with E-state index in [1.807, 2.05) is 11.1 Å². The minimum absolute atomic E-state index is 0.0640. The van der Waals surface area contributed by atoms with Gasteiger partial charge in [-0.05, 0) is 50.0 Å². The molecule has 3 aromatic heterocycles. The van der Waals surface area contributed by atoms with Crippen LogP contribution in [0.2, 0.25) is 0 Å². The van der Waals surface area contributed by atoms with Crippen molar-refractivity contribution in [2.24, 2.45) is 13.0 Å². The third kappa shape index (κ3) is 5.49. The number of nitrogens with zero attached hydrogens (tertiary/aromatic N) is 6. The molecule has 192 valence electrons. The van der Waals surface area contributed by atoms with E-state index in [-0.39, 0.29) is 36.2 Å². The highest BCUT2D eigenvalue weighted by Gasteiger charge is 2.21. The fourth-order valence-corrected chi connectivity index (χ4v) is 4.38. The molecule has 1 aromatic carbocycles. The van der Waals surface area contributed by atoms with Gasteiger partial charge in [-0.2, -0.15) is 10.2 Å². The van der Waals surface area contributed by atoms with Crippen molar-refractivity contribution in [3.8, 4) is 11.3 Å². The maximum absolute atomic E-state index is 14.5. The van der Waals surface area contributed by atoms with E-state index < -0.39 is 11.7 Å². The molecule has 1 aliphatic heterocycles. The summed E-state index contributed by atoms with van der Waals surface area (Å²) in [7, 11) is 1.81. The van der Waals surface area contributed by atoms with Gasteiger partial charge in [0.1, 0.15) is 5.82 Å². The summed E-state index contributed by atoms with van der Waals surface area (Å²) in [6.07, 6.45) is 9.80. The van der Waals surface area contributed by atoms with Crippen LogP contribution in [0.5, 0.6) is 0 Å². The van der Waals surface area contributed by atoms with E-state index in [4.69, 9.17) is 0 Å². The molecule has 0 aliphatic carbocycles. The van der Waals surface area contributed by atoms with Crippen LogP contribution in [0, 0.1) is 11.7 Å². The monoisotopic (exact) mass is 506 g/mol. The lowest BCUT2D eigenvalue weighted by molar-refractivity contribution is -0.117. The second kappa shape index (κ2) is 10.4. The fraction of sp³-hybridized carbons (Fsp3) is 0.320. The van der Waals surface area contributed by atoms with Crippen molar-refractivity contribution in [2.45, 2.75) is 12.8 Å². The first-order chi connectivity index (χ1) is 17.9. The summed E-state index contributed by atoms with van der Waals surface area (Å²) in [5.41, 5.74) is 2.44. The van der Waals surface area contributed by atoms with Gasteiger partial charge in [0.15, 0.2) is 0 Å². The molecule has 2 amide bonds. The van der Waals surface area contributed by atoms with Crippen LogP contribution in [0.4, 0.5) is 15.8 Å². The topological polar surface area (TPSA) is 130 Å². The lowest BCUT2D eigenvalue weighted by Crippen LogP contribution is -2.39. The number of piperidine rings is 1. The van der Waals surface area contributed by atoms with Crippen molar-refractivity contribution in [3.63, 3.8) is 0 Å². The standard InChI is InChI=1S/C25H27FN8O3/c1-32-12-17(9-28-32)22-13-34-23(11-27-22)19(10-29-34)25(37)31-21-8-18(2-3-20(21)26)30-24(36)14-33-6-4-16(15-35)5-7-33/h2-3,8-13,16,35H,4-7,14-15H2,1H3,(H,30,36)(H,31,37). The van der Waals surface area contributed by atoms with Crippen LogP contribution in [0.3, 0.4) is 0 Å². The van der Waals surface area contributed by atoms with Crippen molar-refractivity contribution in [1.82, 2.24) is 29.3 Å². The second-order valence-corrected chi connectivity index (χ2v) is 9.16. The van der Waals surface area contributed by atoms with Crippen molar-refractivity contribution in [2.75, 3.05) is 36.9 Å². The summed E-state index contributed by atoms with van der Waals surface area (Å²) in [5, 5.41) is 23.0. The number of aliphatic hydroxyl groups excluding tert-OH is 1.